The van der Waals surface area contributed by atoms with Crippen molar-refractivity contribution in [3.05, 3.63) is 51.8 Å². The number of nitrogens with one attached hydrogen (secondary N) is 2. The maximum absolute atomic E-state index is 13.6. The lowest BCUT2D eigenvalue weighted by Crippen LogP contribution is -2.52. The number of Topliss-reactive ketones (excluding diaryl/α,β-unsaturated/α-hetero) is 1. The van der Waals surface area contributed by atoms with Crippen LogP contribution < -0.4 is 16.4 Å². The van der Waals surface area contributed by atoms with Crippen molar-refractivity contribution in [1.82, 2.24) is 25.3 Å². The van der Waals surface area contributed by atoms with E-state index >= 15 is 0 Å². The van der Waals surface area contributed by atoms with Crippen LogP contribution in [0.15, 0.2) is 33.5 Å². The van der Waals surface area contributed by atoms with Gasteiger partial charge < -0.3 is 19.8 Å². The van der Waals surface area contributed by atoms with Gasteiger partial charge in [0, 0.05) is 31.2 Å². The Bertz CT molecular complexity index is 1320. The van der Waals surface area contributed by atoms with Gasteiger partial charge in [0.15, 0.2) is 0 Å². The Kier molecular flexibility index (Phi) is 11.6. The highest BCUT2D eigenvalue weighted by Crippen LogP contribution is 2.30. The summed E-state index contributed by atoms with van der Waals surface area (Å²) < 4.78 is 11.8. The zero-order valence-corrected chi connectivity index (χ0v) is 25.9. The molecular formula is C31H44ClN5O6. The number of rotatable bonds is 12. The predicted octanol–water partition coefficient (Wildman–Crippen LogP) is 3.20. The normalized spacial score (nSPS) is 21.6. The highest BCUT2D eigenvalue weighted by Gasteiger charge is 2.36. The second kappa shape index (κ2) is 15.1. The molecule has 2 aliphatic carbocycles. The average molecular weight is 618 g/mol. The number of morpholine rings is 1. The van der Waals surface area contributed by atoms with Crippen LogP contribution in [0.4, 0.5) is 0 Å². The molecule has 5 rings (SSSR count). The molecule has 236 valence electrons. The number of ether oxygens (including phenoxy) is 1. The van der Waals surface area contributed by atoms with Gasteiger partial charge in [-0.1, -0.05) is 38.8 Å². The molecule has 0 radical (unpaired) electrons. The smallest absolute Gasteiger partial charge is 0.384 e. The van der Waals surface area contributed by atoms with E-state index < -0.39 is 23.5 Å². The van der Waals surface area contributed by atoms with Crippen LogP contribution >= 0.6 is 12.4 Å². The molecule has 3 atom stereocenters. The molecule has 2 N–H and O–H groups in total. The summed E-state index contributed by atoms with van der Waals surface area (Å²) in [6.45, 7) is 8.28. The van der Waals surface area contributed by atoms with Crippen LogP contribution in [0, 0.1) is 17.8 Å². The molecular weight excluding hydrogens is 574 g/mol. The molecule has 2 heterocycles. The molecule has 1 aliphatic heterocycles. The Labute approximate surface area is 258 Å². The first-order valence-corrected chi connectivity index (χ1v) is 15.4. The highest BCUT2D eigenvalue weighted by atomic mass is 35.5. The molecule has 2 amide bonds. The molecule has 1 aromatic heterocycles. The van der Waals surface area contributed by atoms with E-state index in [1.165, 1.54) is 4.68 Å². The molecule has 2 saturated carbocycles. The summed E-state index contributed by atoms with van der Waals surface area (Å²) in [5.41, 5.74) is 1.62. The van der Waals surface area contributed by atoms with Crippen LogP contribution in [0.1, 0.15) is 85.4 Å². The topological polar surface area (TPSA) is 136 Å². The Morgan fingerprint density at radius 3 is 2.53 bits per heavy atom. The number of aromatic nitrogens is 2. The summed E-state index contributed by atoms with van der Waals surface area (Å²) in [7, 11) is 0. The lowest BCUT2D eigenvalue weighted by Gasteiger charge is -2.32. The average Bonchev–Trinajstić information content (AvgIpc) is 3.73. The van der Waals surface area contributed by atoms with Crippen molar-refractivity contribution in [3.8, 4) is 0 Å². The van der Waals surface area contributed by atoms with E-state index in [4.69, 9.17) is 9.15 Å². The summed E-state index contributed by atoms with van der Waals surface area (Å²) in [6.07, 6.45) is 5.51. The fourth-order valence-corrected chi connectivity index (χ4v) is 5.89. The third-order valence-electron chi connectivity index (χ3n) is 8.40. The van der Waals surface area contributed by atoms with E-state index in [1.807, 2.05) is 32.0 Å². The number of amides is 2. The zero-order valence-electron chi connectivity index (χ0n) is 25.1. The van der Waals surface area contributed by atoms with E-state index in [-0.39, 0.29) is 42.1 Å². The number of hydrogen-bond acceptors (Lipinski definition) is 8. The molecule has 1 saturated heterocycles. The number of nitrogens with zero attached hydrogens (tertiary/aromatic N) is 3. The molecule has 2 aromatic rings. The zero-order chi connectivity index (χ0) is 29.6. The second-order valence-corrected chi connectivity index (χ2v) is 12.4. The summed E-state index contributed by atoms with van der Waals surface area (Å²) >= 11 is 0. The standard InChI is InChI=1S/C31H43N5O6.ClH/c1-20(2)16-26(27(37)30-34-36(31(40)42-30)19-21-10-11-21)33-29(39)24-8-3-4-9-25(24)32-28(38)23-7-5-6-22(17-23)18-35-12-14-41-15-13-35;/h5-7,17,20-21,24-26H,3-4,8-16,18-19H2,1-2H3,(H,32,38)(H,33,39);1H/t24-,25+,26+;/m1./s1. The summed E-state index contributed by atoms with van der Waals surface area (Å²) in [4.78, 5) is 54.9. The van der Waals surface area contributed by atoms with E-state index in [1.54, 1.807) is 6.07 Å². The Balaban J connectivity index is 0.00000423. The minimum atomic E-state index is -0.875. The minimum Gasteiger partial charge on any atom is -0.384 e. The quantitative estimate of drug-likeness (QED) is 0.347. The van der Waals surface area contributed by atoms with Crippen molar-refractivity contribution in [2.75, 3.05) is 26.3 Å². The molecule has 12 heteroatoms. The third kappa shape index (κ3) is 9.00. The lowest BCUT2D eigenvalue weighted by molar-refractivity contribution is -0.127. The Morgan fingerprint density at radius 2 is 1.81 bits per heavy atom. The monoisotopic (exact) mass is 617 g/mol. The number of halogens is 1. The van der Waals surface area contributed by atoms with Crippen LogP contribution in [-0.4, -0.2) is 70.7 Å². The minimum absolute atomic E-state index is 0. The van der Waals surface area contributed by atoms with Crippen molar-refractivity contribution in [1.29, 1.82) is 0 Å². The van der Waals surface area contributed by atoms with E-state index in [9.17, 15) is 19.2 Å². The van der Waals surface area contributed by atoms with Gasteiger partial charge in [0.05, 0.1) is 31.7 Å². The largest absolute Gasteiger partial charge is 0.437 e. The second-order valence-electron chi connectivity index (χ2n) is 12.4. The van der Waals surface area contributed by atoms with Gasteiger partial charge >= 0.3 is 5.76 Å². The SMILES string of the molecule is CC(C)C[C@H](NC(=O)[C@@H]1CCCC[C@@H]1NC(=O)c1cccc(CN2CCOCC2)c1)C(=O)c1nn(CC2CC2)c(=O)o1.Cl. The fraction of sp³-hybridized carbons (Fsp3) is 0.645. The van der Waals surface area contributed by atoms with Crippen LogP contribution in [0.2, 0.25) is 0 Å². The lowest BCUT2D eigenvalue weighted by atomic mass is 9.83. The van der Waals surface area contributed by atoms with Gasteiger partial charge in [0.1, 0.15) is 0 Å². The van der Waals surface area contributed by atoms with Crippen molar-refractivity contribution < 1.29 is 23.5 Å². The van der Waals surface area contributed by atoms with E-state index in [0.717, 1.165) is 50.9 Å². The maximum Gasteiger partial charge on any atom is 0.437 e. The molecule has 3 aliphatic rings. The molecule has 0 unspecified atom stereocenters. The van der Waals surface area contributed by atoms with Crippen molar-refractivity contribution in [2.45, 2.75) is 84.0 Å². The number of benzene rings is 1. The first-order chi connectivity index (χ1) is 20.3. The summed E-state index contributed by atoms with van der Waals surface area (Å²) in [5.74, 6) is -1.88. The highest BCUT2D eigenvalue weighted by molar-refractivity contribution is 5.99. The summed E-state index contributed by atoms with van der Waals surface area (Å²) in [5, 5.41) is 10.2. The first-order valence-electron chi connectivity index (χ1n) is 15.4. The van der Waals surface area contributed by atoms with Gasteiger partial charge in [-0.25, -0.2) is 4.79 Å². The molecule has 3 fully saturated rings. The van der Waals surface area contributed by atoms with Gasteiger partial charge in [-0.2, -0.15) is 4.68 Å². The van der Waals surface area contributed by atoms with E-state index in [0.29, 0.717) is 50.5 Å². The molecule has 0 bridgehead atoms. The van der Waals surface area contributed by atoms with Crippen molar-refractivity contribution >= 4 is 30.0 Å². The molecule has 0 spiro atoms. The molecule has 11 nitrogen and oxygen atoms in total. The van der Waals surface area contributed by atoms with Gasteiger partial charge in [0.25, 0.3) is 11.8 Å². The van der Waals surface area contributed by atoms with Gasteiger partial charge in [-0.05, 0) is 61.6 Å². The fourth-order valence-electron chi connectivity index (χ4n) is 5.89. The maximum atomic E-state index is 13.6. The van der Waals surface area contributed by atoms with Crippen LogP contribution in [0.3, 0.4) is 0 Å². The Hall–Kier alpha value is -3.02. The van der Waals surface area contributed by atoms with Crippen molar-refractivity contribution in [3.63, 3.8) is 0 Å². The Morgan fingerprint density at radius 1 is 1.07 bits per heavy atom. The predicted molar refractivity (Wildman–Crippen MR) is 162 cm³/mol. The van der Waals surface area contributed by atoms with Gasteiger partial charge in [0.2, 0.25) is 11.7 Å². The van der Waals surface area contributed by atoms with Crippen LogP contribution in [0.5, 0.6) is 0 Å². The van der Waals surface area contributed by atoms with Gasteiger partial charge in [-0.3, -0.25) is 19.3 Å². The first kappa shape index (κ1) is 32.9. The third-order valence-corrected chi connectivity index (χ3v) is 8.40. The van der Waals surface area contributed by atoms with Crippen LogP contribution in [0.25, 0.3) is 0 Å². The van der Waals surface area contributed by atoms with Crippen LogP contribution in [-0.2, 0) is 22.6 Å². The molecule has 1 aromatic carbocycles. The number of ketones is 1. The van der Waals surface area contributed by atoms with Crippen molar-refractivity contribution in [2.24, 2.45) is 17.8 Å². The summed E-state index contributed by atoms with van der Waals surface area (Å²) in [6, 6.07) is 6.40. The number of carbonyl (C=O) groups excluding carboxylic acids is 3. The number of hydrogen-bond donors (Lipinski definition) is 2. The number of carbonyl (C=O) groups is 3. The molecule has 43 heavy (non-hydrogen) atoms. The van der Waals surface area contributed by atoms with Gasteiger partial charge in [-0.15, -0.1) is 17.5 Å². The van der Waals surface area contributed by atoms with E-state index in [2.05, 4.69) is 20.6 Å².